The van der Waals surface area contributed by atoms with Gasteiger partial charge < -0.3 is 14.4 Å². The van der Waals surface area contributed by atoms with E-state index in [1.54, 1.807) is 7.11 Å². The normalized spacial score (nSPS) is 12.1. The Hall–Kier alpha value is -1.48. The SMILES string of the molecule is CCn1cc(C(C)(C)O)c2ccc(OC)cc21. The van der Waals surface area contributed by atoms with Gasteiger partial charge in [0.15, 0.2) is 0 Å². The Morgan fingerprint density at radius 1 is 1.35 bits per heavy atom. The maximum absolute atomic E-state index is 10.2. The summed E-state index contributed by atoms with van der Waals surface area (Å²) in [6.07, 6.45) is 2.02. The van der Waals surface area contributed by atoms with Crippen LogP contribution in [0.5, 0.6) is 5.75 Å². The van der Waals surface area contributed by atoms with E-state index in [4.69, 9.17) is 4.74 Å². The summed E-state index contributed by atoms with van der Waals surface area (Å²) in [6.45, 7) is 6.59. The number of aryl methyl sites for hydroxylation is 1. The number of rotatable bonds is 3. The molecule has 0 radical (unpaired) electrons. The van der Waals surface area contributed by atoms with Gasteiger partial charge in [0.25, 0.3) is 0 Å². The van der Waals surface area contributed by atoms with Crippen molar-refractivity contribution in [2.45, 2.75) is 32.9 Å². The molecule has 0 saturated carbocycles. The number of aliphatic hydroxyl groups is 1. The highest BCUT2D eigenvalue weighted by Crippen LogP contribution is 2.32. The standard InChI is InChI=1S/C14H19NO2/c1-5-15-9-12(14(2,3)16)11-7-6-10(17-4)8-13(11)15/h6-9,16H,5H2,1-4H3. The highest BCUT2D eigenvalue weighted by Gasteiger charge is 2.21. The molecule has 2 aromatic rings. The maximum atomic E-state index is 10.2. The predicted molar refractivity (Wildman–Crippen MR) is 69.4 cm³/mol. The molecule has 1 N–H and O–H groups in total. The summed E-state index contributed by atoms with van der Waals surface area (Å²) in [7, 11) is 1.66. The minimum absolute atomic E-state index is 0.826. The van der Waals surface area contributed by atoms with Crippen molar-refractivity contribution in [1.82, 2.24) is 4.57 Å². The van der Waals surface area contributed by atoms with Crippen LogP contribution in [0.25, 0.3) is 10.9 Å². The van der Waals surface area contributed by atoms with Crippen molar-refractivity contribution < 1.29 is 9.84 Å². The fraction of sp³-hybridized carbons (Fsp3) is 0.429. The summed E-state index contributed by atoms with van der Waals surface area (Å²) in [6, 6.07) is 5.94. The van der Waals surface area contributed by atoms with Crippen LogP contribution < -0.4 is 4.74 Å². The van der Waals surface area contributed by atoms with Crippen LogP contribution in [0.2, 0.25) is 0 Å². The Balaban J connectivity index is 2.73. The minimum atomic E-state index is -0.826. The Morgan fingerprint density at radius 3 is 2.59 bits per heavy atom. The summed E-state index contributed by atoms with van der Waals surface area (Å²) in [5.41, 5.74) is 1.23. The predicted octanol–water partition coefficient (Wildman–Crippen LogP) is 2.90. The molecule has 0 spiro atoms. The lowest BCUT2D eigenvalue weighted by Gasteiger charge is -2.16. The molecule has 0 atom stereocenters. The second-order valence-electron chi connectivity index (χ2n) is 4.77. The van der Waals surface area contributed by atoms with E-state index in [1.165, 1.54) is 0 Å². The lowest BCUT2D eigenvalue weighted by molar-refractivity contribution is 0.0800. The Morgan fingerprint density at radius 2 is 2.06 bits per heavy atom. The van der Waals surface area contributed by atoms with Crippen LogP contribution in [-0.4, -0.2) is 16.8 Å². The van der Waals surface area contributed by atoms with Gasteiger partial charge in [0.05, 0.1) is 18.2 Å². The molecule has 2 rings (SSSR count). The van der Waals surface area contributed by atoms with Gasteiger partial charge in [-0.25, -0.2) is 0 Å². The Labute approximate surface area is 102 Å². The van der Waals surface area contributed by atoms with Gasteiger partial charge in [-0.2, -0.15) is 0 Å². The Kier molecular flexibility index (Phi) is 2.87. The highest BCUT2D eigenvalue weighted by molar-refractivity contribution is 5.86. The molecule has 0 aliphatic rings. The van der Waals surface area contributed by atoms with Crippen molar-refractivity contribution in [2.24, 2.45) is 0 Å². The van der Waals surface area contributed by atoms with E-state index in [9.17, 15) is 5.11 Å². The van der Waals surface area contributed by atoms with Crippen molar-refractivity contribution in [3.63, 3.8) is 0 Å². The first kappa shape index (κ1) is 12.0. The van der Waals surface area contributed by atoms with Gasteiger partial charge >= 0.3 is 0 Å². The third-order valence-electron chi connectivity index (χ3n) is 3.09. The van der Waals surface area contributed by atoms with Gasteiger partial charge in [-0.15, -0.1) is 0 Å². The van der Waals surface area contributed by atoms with Gasteiger partial charge in [-0.3, -0.25) is 0 Å². The van der Waals surface area contributed by atoms with Crippen molar-refractivity contribution in [3.05, 3.63) is 30.0 Å². The lowest BCUT2D eigenvalue weighted by Crippen LogP contribution is -2.14. The van der Waals surface area contributed by atoms with Gasteiger partial charge in [0.2, 0.25) is 0 Å². The summed E-state index contributed by atoms with van der Waals surface area (Å²) in [4.78, 5) is 0. The quantitative estimate of drug-likeness (QED) is 0.884. The number of methoxy groups -OCH3 is 1. The Bertz CT molecular complexity index is 535. The van der Waals surface area contributed by atoms with Gasteiger partial charge in [0.1, 0.15) is 5.75 Å². The third-order valence-corrected chi connectivity index (χ3v) is 3.09. The van der Waals surface area contributed by atoms with Gasteiger partial charge in [-0.1, -0.05) is 0 Å². The topological polar surface area (TPSA) is 34.4 Å². The van der Waals surface area contributed by atoms with Crippen LogP contribution in [-0.2, 0) is 12.1 Å². The van der Waals surface area contributed by atoms with Gasteiger partial charge in [0, 0.05) is 29.8 Å². The monoisotopic (exact) mass is 233 g/mol. The maximum Gasteiger partial charge on any atom is 0.120 e. The zero-order valence-corrected chi connectivity index (χ0v) is 10.8. The number of benzene rings is 1. The number of fused-ring (bicyclic) bond motifs is 1. The summed E-state index contributed by atoms with van der Waals surface area (Å²) in [5, 5.41) is 11.3. The van der Waals surface area contributed by atoms with Crippen LogP contribution in [0.4, 0.5) is 0 Å². The molecular formula is C14H19NO2. The van der Waals surface area contributed by atoms with Crippen molar-refractivity contribution >= 4 is 10.9 Å². The van der Waals surface area contributed by atoms with E-state index in [2.05, 4.69) is 11.5 Å². The molecule has 3 heteroatoms. The molecule has 0 aliphatic carbocycles. The molecule has 1 heterocycles. The van der Waals surface area contributed by atoms with E-state index in [1.807, 2.05) is 38.2 Å². The zero-order valence-electron chi connectivity index (χ0n) is 10.8. The first-order valence-corrected chi connectivity index (χ1v) is 5.87. The molecule has 1 aromatic heterocycles. The molecule has 1 aromatic carbocycles. The van der Waals surface area contributed by atoms with E-state index >= 15 is 0 Å². The van der Waals surface area contributed by atoms with Crippen molar-refractivity contribution in [1.29, 1.82) is 0 Å². The zero-order chi connectivity index (χ0) is 12.6. The number of ether oxygens (including phenoxy) is 1. The molecule has 0 aliphatic heterocycles. The molecule has 3 nitrogen and oxygen atoms in total. The highest BCUT2D eigenvalue weighted by atomic mass is 16.5. The molecule has 0 bridgehead atoms. The van der Waals surface area contributed by atoms with E-state index in [0.717, 1.165) is 28.8 Å². The second kappa shape index (κ2) is 4.08. The largest absolute Gasteiger partial charge is 0.497 e. The number of aromatic nitrogens is 1. The molecule has 92 valence electrons. The lowest BCUT2D eigenvalue weighted by atomic mass is 9.98. The summed E-state index contributed by atoms with van der Waals surface area (Å²) >= 11 is 0. The van der Waals surface area contributed by atoms with E-state index in [0.29, 0.717) is 0 Å². The van der Waals surface area contributed by atoms with Crippen LogP contribution in [0, 0.1) is 0 Å². The molecule has 0 unspecified atom stereocenters. The van der Waals surface area contributed by atoms with E-state index < -0.39 is 5.60 Å². The second-order valence-corrected chi connectivity index (χ2v) is 4.77. The number of hydrogen-bond donors (Lipinski definition) is 1. The van der Waals surface area contributed by atoms with Crippen molar-refractivity contribution in [3.8, 4) is 5.75 Å². The smallest absolute Gasteiger partial charge is 0.120 e. The first-order valence-electron chi connectivity index (χ1n) is 5.87. The third kappa shape index (κ3) is 2.03. The minimum Gasteiger partial charge on any atom is -0.497 e. The first-order chi connectivity index (χ1) is 7.97. The van der Waals surface area contributed by atoms with Crippen LogP contribution in [0.3, 0.4) is 0 Å². The van der Waals surface area contributed by atoms with Gasteiger partial charge in [-0.05, 0) is 32.9 Å². The summed E-state index contributed by atoms with van der Waals surface area (Å²) in [5.74, 6) is 0.840. The molecule has 17 heavy (non-hydrogen) atoms. The molecular weight excluding hydrogens is 214 g/mol. The molecule has 0 saturated heterocycles. The van der Waals surface area contributed by atoms with Crippen LogP contribution >= 0.6 is 0 Å². The van der Waals surface area contributed by atoms with Crippen LogP contribution in [0.1, 0.15) is 26.3 Å². The van der Waals surface area contributed by atoms with Crippen LogP contribution in [0.15, 0.2) is 24.4 Å². The number of nitrogens with zero attached hydrogens (tertiary/aromatic N) is 1. The molecule has 0 fully saturated rings. The summed E-state index contributed by atoms with van der Waals surface area (Å²) < 4.78 is 7.37. The van der Waals surface area contributed by atoms with Crippen molar-refractivity contribution in [2.75, 3.05) is 7.11 Å². The fourth-order valence-electron chi connectivity index (χ4n) is 2.15. The van der Waals surface area contributed by atoms with E-state index in [-0.39, 0.29) is 0 Å². The fourth-order valence-corrected chi connectivity index (χ4v) is 2.15. The number of hydrogen-bond acceptors (Lipinski definition) is 2. The average molecular weight is 233 g/mol. The molecule has 0 amide bonds. The average Bonchev–Trinajstić information content (AvgIpc) is 2.66.